The summed E-state index contributed by atoms with van der Waals surface area (Å²) in [6.45, 7) is 4.73. The van der Waals surface area contributed by atoms with E-state index in [2.05, 4.69) is 10.6 Å². The van der Waals surface area contributed by atoms with Gasteiger partial charge < -0.3 is 25.3 Å². The van der Waals surface area contributed by atoms with E-state index in [1.54, 1.807) is 40.1 Å². The fourth-order valence-corrected chi connectivity index (χ4v) is 5.02. The third kappa shape index (κ3) is 6.12. The number of hydrogen-bond donors (Lipinski definition) is 2. The molecule has 2 aliphatic rings. The van der Waals surface area contributed by atoms with Gasteiger partial charge >= 0.3 is 0 Å². The minimum absolute atomic E-state index is 0.0417. The van der Waals surface area contributed by atoms with Crippen LogP contribution in [-0.4, -0.2) is 79.9 Å². The van der Waals surface area contributed by atoms with Gasteiger partial charge in [-0.1, -0.05) is 18.2 Å². The van der Waals surface area contributed by atoms with E-state index < -0.39 is 17.5 Å². The van der Waals surface area contributed by atoms with Crippen molar-refractivity contribution in [3.05, 3.63) is 95.1 Å². The molecule has 8 nitrogen and oxygen atoms in total. The van der Waals surface area contributed by atoms with Crippen molar-refractivity contribution in [2.45, 2.75) is 6.42 Å². The van der Waals surface area contributed by atoms with E-state index >= 15 is 0 Å². The number of carbonyl (C=O) groups excluding carboxylic acids is 3. The van der Waals surface area contributed by atoms with Crippen LogP contribution in [0.25, 0.3) is 0 Å². The van der Waals surface area contributed by atoms with Crippen molar-refractivity contribution in [3.63, 3.8) is 0 Å². The summed E-state index contributed by atoms with van der Waals surface area (Å²) in [4.78, 5) is 44.9. The lowest BCUT2D eigenvalue weighted by atomic mass is 10.1. The standard InChI is InChI=1S/C30H31F2N5O3/c31-24-9-7-22(19-25(24)32)28(38)34-26-20-23(30(40)36-13-4-11-33-12-14-36)8-10-27(26)35-15-17-37(18-16-35)29(39)21-5-2-1-3-6-21/h1-3,5-10,19-20,33H,4,11-18H2,(H,34,38). The van der Waals surface area contributed by atoms with Crippen LogP contribution >= 0.6 is 0 Å². The predicted octanol–water partition coefficient (Wildman–Crippen LogP) is 3.62. The van der Waals surface area contributed by atoms with Crippen LogP contribution in [0.4, 0.5) is 20.2 Å². The molecule has 0 radical (unpaired) electrons. The van der Waals surface area contributed by atoms with Gasteiger partial charge in [-0.15, -0.1) is 0 Å². The van der Waals surface area contributed by atoms with Gasteiger partial charge in [0.15, 0.2) is 11.6 Å². The van der Waals surface area contributed by atoms with Gasteiger partial charge in [0.05, 0.1) is 11.4 Å². The second kappa shape index (κ2) is 12.3. The molecule has 3 aromatic rings. The lowest BCUT2D eigenvalue weighted by Gasteiger charge is -2.37. The Balaban J connectivity index is 1.38. The molecule has 2 aliphatic heterocycles. The molecule has 2 fully saturated rings. The molecule has 0 spiro atoms. The molecule has 0 saturated carbocycles. The van der Waals surface area contributed by atoms with Crippen molar-refractivity contribution in [1.29, 1.82) is 0 Å². The Hall–Kier alpha value is -4.31. The topological polar surface area (TPSA) is 85.0 Å². The zero-order chi connectivity index (χ0) is 28.1. The largest absolute Gasteiger partial charge is 0.366 e. The molecule has 208 valence electrons. The molecule has 0 aromatic heterocycles. The Kier molecular flexibility index (Phi) is 8.35. The van der Waals surface area contributed by atoms with Crippen LogP contribution in [0.15, 0.2) is 66.7 Å². The number of hydrogen-bond acceptors (Lipinski definition) is 5. The van der Waals surface area contributed by atoms with Crippen LogP contribution in [0.1, 0.15) is 37.5 Å². The number of nitrogens with one attached hydrogen (secondary N) is 2. The van der Waals surface area contributed by atoms with Crippen molar-refractivity contribution in [3.8, 4) is 0 Å². The average Bonchev–Trinajstić information content (AvgIpc) is 3.28. The van der Waals surface area contributed by atoms with Gasteiger partial charge in [-0.05, 0) is 61.5 Å². The molecular formula is C30H31F2N5O3. The summed E-state index contributed by atoms with van der Waals surface area (Å²) in [5.74, 6) is -2.97. The van der Waals surface area contributed by atoms with Crippen molar-refractivity contribution in [2.75, 3.05) is 62.6 Å². The first-order valence-corrected chi connectivity index (χ1v) is 13.4. The maximum absolute atomic E-state index is 13.8. The van der Waals surface area contributed by atoms with Crippen molar-refractivity contribution >= 4 is 29.1 Å². The van der Waals surface area contributed by atoms with E-state index in [0.717, 1.165) is 25.1 Å². The number of amides is 3. The molecule has 2 heterocycles. The summed E-state index contributed by atoms with van der Waals surface area (Å²) in [5, 5.41) is 6.09. The Morgan fingerprint density at radius 1 is 0.675 bits per heavy atom. The van der Waals surface area contributed by atoms with E-state index in [1.165, 1.54) is 6.07 Å². The van der Waals surface area contributed by atoms with Crippen LogP contribution < -0.4 is 15.5 Å². The van der Waals surface area contributed by atoms with E-state index in [0.29, 0.717) is 68.3 Å². The van der Waals surface area contributed by atoms with Gasteiger partial charge in [0.2, 0.25) is 0 Å². The molecule has 2 N–H and O–H groups in total. The van der Waals surface area contributed by atoms with Crippen molar-refractivity contribution < 1.29 is 23.2 Å². The average molecular weight is 548 g/mol. The Labute approximate surface area is 231 Å². The maximum Gasteiger partial charge on any atom is 0.255 e. The van der Waals surface area contributed by atoms with E-state index in [4.69, 9.17) is 0 Å². The summed E-state index contributed by atoms with van der Waals surface area (Å²) < 4.78 is 27.3. The highest BCUT2D eigenvalue weighted by Gasteiger charge is 2.26. The highest BCUT2D eigenvalue weighted by atomic mass is 19.2. The van der Waals surface area contributed by atoms with E-state index in [1.807, 2.05) is 23.1 Å². The summed E-state index contributed by atoms with van der Waals surface area (Å²) in [5.41, 5.74) is 2.07. The van der Waals surface area contributed by atoms with Crippen LogP contribution in [0, 0.1) is 11.6 Å². The first-order chi connectivity index (χ1) is 19.4. The van der Waals surface area contributed by atoms with Gasteiger partial charge in [-0.25, -0.2) is 8.78 Å². The zero-order valence-electron chi connectivity index (χ0n) is 22.0. The lowest BCUT2D eigenvalue weighted by Crippen LogP contribution is -2.49. The molecule has 3 aromatic carbocycles. The smallest absolute Gasteiger partial charge is 0.255 e. The van der Waals surface area contributed by atoms with Gasteiger partial charge in [0.25, 0.3) is 17.7 Å². The monoisotopic (exact) mass is 547 g/mol. The van der Waals surface area contributed by atoms with Crippen LogP contribution in [0.2, 0.25) is 0 Å². The molecule has 0 unspecified atom stereocenters. The van der Waals surface area contributed by atoms with Gasteiger partial charge in [0.1, 0.15) is 0 Å². The number of nitrogens with zero attached hydrogens (tertiary/aromatic N) is 3. The highest BCUT2D eigenvalue weighted by molar-refractivity contribution is 6.07. The first kappa shape index (κ1) is 27.3. The van der Waals surface area contributed by atoms with E-state index in [-0.39, 0.29) is 17.4 Å². The van der Waals surface area contributed by atoms with Gasteiger partial charge in [-0.3, -0.25) is 14.4 Å². The number of rotatable bonds is 5. The Morgan fingerprint density at radius 3 is 2.12 bits per heavy atom. The zero-order valence-corrected chi connectivity index (χ0v) is 22.0. The minimum atomic E-state index is -1.12. The molecule has 10 heteroatoms. The maximum atomic E-state index is 13.8. The predicted molar refractivity (Wildman–Crippen MR) is 149 cm³/mol. The Morgan fingerprint density at radius 2 is 1.38 bits per heavy atom. The summed E-state index contributed by atoms with van der Waals surface area (Å²) in [7, 11) is 0. The fourth-order valence-electron chi connectivity index (χ4n) is 5.02. The van der Waals surface area contributed by atoms with Crippen LogP contribution in [0.3, 0.4) is 0 Å². The molecule has 3 amide bonds. The minimum Gasteiger partial charge on any atom is -0.366 e. The molecule has 5 rings (SSSR count). The number of anilines is 2. The second-order valence-corrected chi connectivity index (χ2v) is 9.86. The lowest BCUT2D eigenvalue weighted by molar-refractivity contribution is 0.0743. The quantitative estimate of drug-likeness (QED) is 0.510. The normalized spacial score (nSPS) is 15.9. The number of halogens is 2. The number of benzene rings is 3. The fraction of sp³-hybridized carbons (Fsp3) is 0.300. The van der Waals surface area contributed by atoms with Crippen LogP contribution in [0.5, 0.6) is 0 Å². The van der Waals surface area contributed by atoms with E-state index in [9.17, 15) is 23.2 Å². The summed E-state index contributed by atoms with van der Waals surface area (Å²) >= 11 is 0. The summed E-state index contributed by atoms with van der Waals surface area (Å²) in [6, 6.07) is 17.2. The van der Waals surface area contributed by atoms with Crippen LogP contribution in [-0.2, 0) is 0 Å². The molecule has 0 aliphatic carbocycles. The molecule has 0 bridgehead atoms. The second-order valence-electron chi connectivity index (χ2n) is 9.86. The van der Waals surface area contributed by atoms with Crippen molar-refractivity contribution in [1.82, 2.24) is 15.1 Å². The molecule has 2 saturated heterocycles. The number of piperazine rings is 1. The van der Waals surface area contributed by atoms with Crippen molar-refractivity contribution in [2.24, 2.45) is 0 Å². The SMILES string of the molecule is O=C(Nc1cc(C(=O)N2CCCNCC2)ccc1N1CCN(C(=O)c2ccccc2)CC1)c1ccc(F)c(F)c1. The molecular weight excluding hydrogens is 516 g/mol. The third-order valence-corrected chi connectivity index (χ3v) is 7.23. The molecule has 0 atom stereocenters. The molecule has 40 heavy (non-hydrogen) atoms. The highest BCUT2D eigenvalue weighted by Crippen LogP contribution is 2.30. The number of carbonyl (C=O) groups is 3. The summed E-state index contributed by atoms with van der Waals surface area (Å²) in [6.07, 6.45) is 0.843. The third-order valence-electron chi connectivity index (χ3n) is 7.23. The van der Waals surface area contributed by atoms with Gasteiger partial charge in [-0.2, -0.15) is 0 Å². The van der Waals surface area contributed by atoms with Gasteiger partial charge in [0, 0.05) is 62.5 Å². The Bertz CT molecular complexity index is 1390. The first-order valence-electron chi connectivity index (χ1n) is 13.4.